The van der Waals surface area contributed by atoms with E-state index in [9.17, 15) is 15.0 Å². The van der Waals surface area contributed by atoms with Crippen LogP contribution in [-0.4, -0.2) is 26.4 Å². The van der Waals surface area contributed by atoms with Crippen molar-refractivity contribution in [2.75, 3.05) is 0 Å². The molecule has 0 aliphatic heterocycles. The fraction of sp³-hybridized carbons (Fsp3) is 0.154. The Morgan fingerprint density at radius 2 is 1.78 bits per heavy atom. The molecule has 4 N–H and O–H groups in total. The molecule has 5 heteroatoms. The number of phenolic OH excluding ortho intramolecular Hbond substituents is 3. The van der Waals surface area contributed by atoms with Crippen molar-refractivity contribution in [3.05, 3.63) is 35.9 Å². The van der Waals surface area contributed by atoms with E-state index in [0.29, 0.717) is 18.4 Å². The molecular weight excluding hydrogens is 236 g/mol. The smallest absolute Gasteiger partial charge is 0.330 e. The third-order valence-electron chi connectivity index (χ3n) is 2.32. The highest BCUT2D eigenvalue weighted by Crippen LogP contribution is 2.35. The summed E-state index contributed by atoms with van der Waals surface area (Å²) in [4.78, 5) is 10.5. The third-order valence-corrected chi connectivity index (χ3v) is 2.32. The fourth-order valence-corrected chi connectivity index (χ4v) is 1.31. The van der Waals surface area contributed by atoms with E-state index in [2.05, 4.69) is 6.58 Å². The lowest BCUT2D eigenvalue weighted by Crippen LogP contribution is -1.97. The number of hydrogen-bond acceptors (Lipinski definition) is 4. The van der Waals surface area contributed by atoms with Gasteiger partial charge in [0.05, 0.1) is 0 Å². The highest BCUT2D eigenvalue weighted by Gasteiger charge is 2.06. The van der Waals surface area contributed by atoms with Crippen LogP contribution in [0.3, 0.4) is 0 Å². The summed E-state index contributed by atoms with van der Waals surface area (Å²) in [6.07, 6.45) is 4.10. The topological polar surface area (TPSA) is 98.0 Å². The van der Waals surface area contributed by atoms with Crippen LogP contribution in [-0.2, 0) is 4.79 Å². The van der Waals surface area contributed by atoms with Gasteiger partial charge in [0, 0.05) is 5.57 Å². The lowest BCUT2D eigenvalue weighted by Gasteiger charge is -2.02. The Balaban J connectivity index is 2.63. The molecule has 0 fully saturated rings. The van der Waals surface area contributed by atoms with Crippen LogP contribution in [0.1, 0.15) is 18.4 Å². The van der Waals surface area contributed by atoms with Crippen LogP contribution >= 0.6 is 0 Å². The van der Waals surface area contributed by atoms with Crippen molar-refractivity contribution in [3.8, 4) is 17.2 Å². The molecule has 0 radical (unpaired) electrons. The molecule has 0 amide bonds. The van der Waals surface area contributed by atoms with Gasteiger partial charge in [0.1, 0.15) is 0 Å². The molecule has 0 spiro atoms. The number of benzene rings is 1. The molecule has 1 aromatic carbocycles. The van der Waals surface area contributed by atoms with E-state index in [1.54, 1.807) is 12.2 Å². The van der Waals surface area contributed by atoms with Crippen molar-refractivity contribution < 1.29 is 25.2 Å². The van der Waals surface area contributed by atoms with Gasteiger partial charge in [-0.05, 0) is 30.5 Å². The third kappa shape index (κ3) is 3.55. The van der Waals surface area contributed by atoms with Gasteiger partial charge in [0.25, 0.3) is 0 Å². The van der Waals surface area contributed by atoms with Crippen molar-refractivity contribution in [1.82, 2.24) is 0 Å². The van der Waals surface area contributed by atoms with Crippen LogP contribution in [0.2, 0.25) is 0 Å². The molecule has 1 rings (SSSR count). The Labute approximate surface area is 104 Å². The molecule has 0 bridgehead atoms. The molecule has 0 saturated carbocycles. The van der Waals surface area contributed by atoms with Gasteiger partial charge in [-0.25, -0.2) is 4.79 Å². The molecule has 18 heavy (non-hydrogen) atoms. The second kappa shape index (κ2) is 5.77. The van der Waals surface area contributed by atoms with Gasteiger partial charge in [-0.1, -0.05) is 18.7 Å². The van der Waals surface area contributed by atoms with Crippen LogP contribution in [0.25, 0.3) is 6.08 Å². The summed E-state index contributed by atoms with van der Waals surface area (Å²) >= 11 is 0. The Morgan fingerprint density at radius 3 is 2.28 bits per heavy atom. The van der Waals surface area contributed by atoms with E-state index in [0.717, 1.165) is 0 Å². The summed E-state index contributed by atoms with van der Waals surface area (Å²) in [6.45, 7) is 3.39. The minimum absolute atomic E-state index is 0.121. The molecular formula is C13H14O5. The molecule has 5 nitrogen and oxygen atoms in total. The van der Waals surface area contributed by atoms with Crippen LogP contribution in [0, 0.1) is 0 Å². The standard InChI is InChI=1S/C13H14O5/c1-8(13(17)18)4-2-3-5-9-6-10(14)12(16)11(15)7-9/h3,5-7,14-16H,1-2,4H2,(H,17,18). The second-order valence-corrected chi connectivity index (χ2v) is 3.76. The predicted octanol–water partition coefficient (Wildman–Crippen LogP) is 2.24. The zero-order valence-corrected chi connectivity index (χ0v) is 9.63. The number of carbonyl (C=O) groups is 1. The first kappa shape index (κ1) is 13.6. The van der Waals surface area contributed by atoms with Gasteiger partial charge in [0.2, 0.25) is 0 Å². The van der Waals surface area contributed by atoms with Crippen molar-refractivity contribution >= 4 is 12.0 Å². The highest BCUT2D eigenvalue weighted by atomic mass is 16.4. The molecule has 0 aromatic heterocycles. The highest BCUT2D eigenvalue weighted by molar-refractivity contribution is 5.85. The van der Waals surface area contributed by atoms with E-state index in [-0.39, 0.29) is 5.57 Å². The predicted molar refractivity (Wildman–Crippen MR) is 66.5 cm³/mol. The molecule has 0 unspecified atom stereocenters. The number of aromatic hydroxyl groups is 3. The van der Waals surface area contributed by atoms with Crippen molar-refractivity contribution in [3.63, 3.8) is 0 Å². The van der Waals surface area contributed by atoms with Gasteiger partial charge in [0.15, 0.2) is 17.2 Å². The first-order valence-corrected chi connectivity index (χ1v) is 5.24. The molecule has 96 valence electrons. The number of rotatable bonds is 5. The number of phenols is 3. The summed E-state index contributed by atoms with van der Waals surface area (Å²) in [5.74, 6) is -2.41. The van der Waals surface area contributed by atoms with Crippen molar-refractivity contribution in [1.29, 1.82) is 0 Å². The first-order valence-electron chi connectivity index (χ1n) is 5.24. The minimum Gasteiger partial charge on any atom is -0.504 e. The Hall–Kier alpha value is -2.43. The lowest BCUT2D eigenvalue weighted by molar-refractivity contribution is -0.132. The van der Waals surface area contributed by atoms with Gasteiger partial charge >= 0.3 is 5.97 Å². The van der Waals surface area contributed by atoms with Crippen LogP contribution < -0.4 is 0 Å². The quantitative estimate of drug-likeness (QED) is 0.474. The number of aliphatic carboxylic acids is 1. The van der Waals surface area contributed by atoms with Crippen molar-refractivity contribution in [2.24, 2.45) is 0 Å². The normalized spacial score (nSPS) is 10.7. The largest absolute Gasteiger partial charge is 0.504 e. The Kier molecular flexibility index (Phi) is 4.37. The maximum absolute atomic E-state index is 10.5. The Bertz CT molecular complexity index is 479. The van der Waals surface area contributed by atoms with E-state index < -0.39 is 23.2 Å². The Morgan fingerprint density at radius 1 is 1.22 bits per heavy atom. The van der Waals surface area contributed by atoms with Crippen LogP contribution in [0.4, 0.5) is 0 Å². The lowest BCUT2D eigenvalue weighted by atomic mass is 10.1. The summed E-state index contributed by atoms with van der Waals surface area (Å²) in [5, 5.41) is 36.2. The zero-order chi connectivity index (χ0) is 13.7. The number of carboxylic acid groups (broad SMARTS) is 1. The average molecular weight is 250 g/mol. The van der Waals surface area contributed by atoms with Gasteiger partial charge < -0.3 is 20.4 Å². The van der Waals surface area contributed by atoms with Gasteiger partial charge in [-0.3, -0.25) is 0 Å². The van der Waals surface area contributed by atoms with E-state index in [1.807, 2.05) is 0 Å². The SMILES string of the molecule is C=C(CCC=Cc1cc(O)c(O)c(O)c1)C(=O)O. The summed E-state index contributed by atoms with van der Waals surface area (Å²) in [5.41, 5.74) is 0.625. The summed E-state index contributed by atoms with van der Waals surface area (Å²) in [6, 6.07) is 2.58. The molecule has 0 heterocycles. The maximum Gasteiger partial charge on any atom is 0.330 e. The van der Waals surface area contributed by atoms with Gasteiger partial charge in [-0.2, -0.15) is 0 Å². The monoisotopic (exact) mass is 250 g/mol. The average Bonchev–Trinajstić information content (AvgIpc) is 2.31. The van der Waals surface area contributed by atoms with Crippen LogP contribution in [0.15, 0.2) is 30.4 Å². The molecule has 1 aromatic rings. The zero-order valence-electron chi connectivity index (χ0n) is 9.63. The summed E-state index contributed by atoms with van der Waals surface area (Å²) in [7, 11) is 0. The van der Waals surface area contributed by atoms with Crippen LogP contribution in [0.5, 0.6) is 17.2 Å². The minimum atomic E-state index is -1.02. The second-order valence-electron chi connectivity index (χ2n) is 3.76. The molecule has 0 atom stereocenters. The maximum atomic E-state index is 10.5. The van der Waals surface area contributed by atoms with E-state index in [4.69, 9.17) is 10.2 Å². The van der Waals surface area contributed by atoms with Crippen molar-refractivity contribution in [2.45, 2.75) is 12.8 Å². The molecule has 0 aliphatic rings. The molecule has 0 aliphatic carbocycles. The first-order chi connectivity index (χ1) is 8.41. The number of allylic oxidation sites excluding steroid dienone is 1. The number of hydrogen-bond donors (Lipinski definition) is 4. The molecule has 0 saturated heterocycles. The van der Waals surface area contributed by atoms with E-state index in [1.165, 1.54) is 12.1 Å². The fourth-order valence-electron chi connectivity index (χ4n) is 1.31. The number of carboxylic acids is 1. The van der Waals surface area contributed by atoms with E-state index >= 15 is 0 Å². The summed E-state index contributed by atoms with van der Waals surface area (Å²) < 4.78 is 0. The van der Waals surface area contributed by atoms with Gasteiger partial charge in [-0.15, -0.1) is 0 Å².